The lowest BCUT2D eigenvalue weighted by molar-refractivity contribution is -0.141. The fraction of sp³-hybridized carbons (Fsp3) is 0.500. The lowest BCUT2D eigenvalue weighted by Crippen LogP contribution is -2.52. The van der Waals surface area contributed by atoms with Gasteiger partial charge >= 0.3 is 0 Å². The Morgan fingerprint density at radius 3 is 1.38 bits per heavy atom. The molecule has 6 nitrogen and oxygen atoms in total. The van der Waals surface area contributed by atoms with Gasteiger partial charge in [0.1, 0.15) is 11.5 Å². The molecule has 0 unspecified atom stereocenters. The van der Waals surface area contributed by atoms with E-state index in [1.807, 2.05) is 26.0 Å². The van der Waals surface area contributed by atoms with Gasteiger partial charge in [0.05, 0.1) is 0 Å². The maximum Gasteiger partial charge on any atom is 0.260 e. The number of nitrogens with zero attached hydrogens (tertiary/aromatic N) is 2. The maximum atomic E-state index is 12.7. The molecule has 0 N–H and O–H groups in total. The molecule has 184 valence electrons. The van der Waals surface area contributed by atoms with E-state index >= 15 is 0 Å². The predicted molar refractivity (Wildman–Crippen MR) is 135 cm³/mol. The summed E-state index contributed by atoms with van der Waals surface area (Å²) in [4.78, 5) is 29.0. The summed E-state index contributed by atoms with van der Waals surface area (Å²) in [7, 11) is 0. The molecular formula is C28H38N2O4. The van der Waals surface area contributed by atoms with Crippen molar-refractivity contribution in [2.24, 2.45) is 0 Å². The SMILES string of the molecule is Cc1ccc(C(C)C)c(OCC(=O)N2CCN(C(=O)COc3cc(C)ccc3C(C)C)CC2)c1. The number of hydrogen-bond donors (Lipinski definition) is 0. The Labute approximate surface area is 203 Å². The third-order valence-electron chi connectivity index (χ3n) is 6.27. The van der Waals surface area contributed by atoms with Crippen molar-refractivity contribution in [1.82, 2.24) is 9.80 Å². The largest absolute Gasteiger partial charge is 0.483 e. The minimum atomic E-state index is -0.0547. The van der Waals surface area contributed by atoms with Crippen molar-refractivity contribution >= 4 is 11.8 Å². The van der Waals surface area contributed by atoms with Crippen LogP contribution < -0.4 is 9.47 Å². The normalized spacial score (nSPS) is 14.0. The standard InChI is InChI=1S/C28H38N2O4/c1-19(2)23-9-7-21(5)15-25(23)33-17-27(31)29-11-13-30(14-12-29)28(32)18-34-26-16-22(6)8-10-24(26)20(3)4/h7-10,15-16,19-20H,11-14,17-18H2,1-6H3. The third kappa shape index (κ3) is 6.52. The fourth-order valence-corrected chi connectivity index (χ4v) is 4.15. The quantitative estimate of drug-likeness (QED) is 0.567. The molecule has 0 bridgehead atoms. The number of aryl methyl sites for hydroxylation is 2. The van der Waals surface area contributed by atoms with Gasteiger partial charge in [-0.2, -0.15) is 0 Å². The average Bonchev–Trinajstić information content (AvgIpc) is 2.80. The summed E-state index contributed by atoms with van der Waals surface area (Å²) in [6.45, 7) is 14.5. The Hall–Kier alpha value is -3.02. The Kier molecular flexibility index (Phi) is 8.59. The first kappa shape index (κ1) is 25.6. The van der Waals surface area contributed by atoms with Crippen LogP contribution in [0.2, 0.25) is 0 Å². The van der Waals surface area contributed by atoms with Crippen molar-refractivity contribution in [2.75, 3.05) is 39.4 Å². The van der Waals surface area contributed by atoms with Crippen LogP contribution in [-0.2, 0) is 9.59 Å². The molecular weight excluding hydrogens is 428 g/mol. The van der Waals surface area contributed by atoms with Crippen LogP contribution in [0.15, 0.2) is 36.4 Å². The van der Waals surface area contributed by atoms with Crippen LogP contribution >= 0.6 is 0 Å². The minimum Gasteiger partial charge on any atom is -0.483 e. The number of hydrogen-bond acceptors (Lipinski definition) is 4. The van der Waals surface area contributed by atoms with Gasteiger partial charge in [-0.15, -0.1) is 0 Å². The molecule has 1 aliphatic rings. The van der Waals surface area contributed by atoms with Crippen LogP contribution in [0.3, 0.4) is 0 Å². The van der Waals surface area contributed by atoms with E-state index in [1.54, 1.807) is 9.80 Å². The van der Waals surface area contributed by atoms with E-state index in [0.717, 1.165) is 33.8 Å². The molecule has 0 radical (unpaired) electrons. The highest BCUT2D eigenvalue weighted by molar-refractivity contribution is 5.80. The predicted octanol–water partition coefficient (Wildman–Crippen LogP) is 4.68. The number of carbonyl (C=O) groups excluding carboxylic acids is 2. The summed E-state index contributed by atoms with van der Waals surface area (Å²) < 4.78 is 11.8. The summed E-state index contributed by atoms with van der Waals surface area (Å²) in [6, 6.07) is 12.2. The van der Waals surface area contributed by atoms with Crippen LogP contribution in [0.5, 0.6) is 11.5 Å². The molecule has 1 fully saturated rings. The van der Waals surface area contributed by atoms with Crippen molar-refractivity contribution < 1.29 is 19.1 Å². The first-order valence-electron chi connectivity index (χ1n) is 12.2. The zero-order valence-corrected chi connectivity index (χ0v) is 21.4. The Balaban J connectivity index is 1.49. The van der Waals surface area contributed by atoms with Crippen molar-refractivity contribution in [1.29, 1.82) is 0 Å². The molecule has 1 saturated heterocycles. The summed E-state index contributed by atoms with van der Waals surface area (Å²) in [5, 5.41) is 0. The van der Waals surface area contributed by atoms with Crippen LogP contribution in [0, 0.1) is 13.8 Å². The van der Waals surface area contributed by atoms with Gasteiger partial charge in [0, 0.05) is 26.2 Å². The highest BCUT2D eigenvalue weighted by Crippen LogP contribution is 2.28. The molecule has 3 rings (SSSR count). The molecule has 2 aromatic carbocycles. The summed E-state index contributed by atoms with van der Waals surface area (Å²) in [5.74, 6) is 2.07. The summed E-state index contributed by atoms with van der Waals surface area (Å²) in [5.41, 5.74) is 4.41. The second-order valence-electron chi connectivity index (χ2n) is 9.73. The number of benzene rings is 2. The van der Waals surface area contributed by atoms with E-state index in [9.17, 15) is 9.59 Å². The van der Waals surface area contributed by atoms with Gasteiger partial charge in [-0.3, -0.25) is 9.59 Å². The van der Waals surface area contributed by atoms with Crippen molar-refractivity contribution in [3.63, 3.8) is 0 Å². The molecule has 34 heavy (non-hydrogen) atoms. The molecule has 0 spiro atoms. The van der Waals surface area contributed by atoms with Crippen LogP contribution in [-0.4, -0.2) is 61.0 Å². The van der Waals surface area contributed by atoms with E-state index in [2.05, 4.69) is 52.0 Å². The van der Waals surface area contributed by atoms with Gasteiger partial charge in [-0.25, -0.2) is 0 Å². The topological polar surface area (TPSA) is 59.1 Å². The Morgan fingerprint density at radius 2 is 1.06 bits per heavy atom. The third-order valence-corrected chi connectivity index (χ3v) is 6.27. The van der Waals surface area contributed by atoms with E-state index in [-0.39, 0.29) is 25.0 Å². The number of piperazine rings is 1. The highest BCUT2D eigenvalue weighted by Gasteiger charge is 2.25. The monoisotopic (exact) mass is 466 g/mol. The molecule has 0 atom stereocenters. The Morgan fingerprint density at radius 1 is 0.706 bits per heavy atom. The van der Waals surface area contributed by atoms with Crippen LogP contribution in [0.4, 0.5) is 0 Å². The smallest absolute Gasteiger partial charge is 0.260 e. The minimum absolute atomic E-state index is 0.00552. The molecule has 2 aromatic rings. The summed E-state index contributed by atoms with van der Waals surface area (Å²) in [6.07, 6.45) is 0. The summed E-state index contributed by atoms with van der Waals surface area (Å²) >= 11 is 0. The molecule has 6 heteroatoms. The molecule has 1 aliphatic heterocycles. The van der Waals surface area contributed by atoms with E-state index < -0.39 is 0 Å². The van der Waals surface area contributed by atoms with E-state index in [0.29, 0.717) is 38.0 Å². The Bertz CT molecular complexity index is 926. The van der Waals surface area contributed by atoms with Gasteiger partial charge in [0.2, 0.25) is 0 Å². The van der Waals surface area contributed by atoms with E-state index in [1.165, 1.54) is 0 Å². The number of ether oxygens (including phenoxy) is 2. The van der Waals surface area contributed by atoms with Crippen LogP contribution in [0.1, 0.15) is 61.8 Å². The molecule has 0 aromatic heterocycles. The first-order valence-corrected chi connectivity index (χ1v) is 12.2. The molecule has 2 amide bonds. The highest BCUT2D eigenvalue weighted by atomic mass is 16.5. The number of amides is 2. The maximum absolute atomic E-state index is 12.7. The van der Waals surface area contributed by atoms with Gasteiger partial charge in [0.15, 0.2) is 13.2 Å². The van der Waals surface area contributed by atoms with E-state index in [4.69, 9.17) is 9.47 Å². The lowest BCUT2D eigenvalue weighted by Gasteiger charge is -2.34. The van der Waals surface area contributed by atoms with Crippen molar-refractivity contribution in [2.45, 2.75) is 53.4 Å². The fourth-order valence-electron chi connectivity index (χ4n) is 4.15. The van der Waals surface area contributed by atoms with Gasteiger partial charge < -0.3 is 19.3 Å². The number of carbonyl (C=O) groups is 2. The first-order chi connectivity index (χ1) is 16.2. The molecule has 0 saturated carbocycles. The van der Waals surface area contributed by atoms with Crippen molar-refractivity contribution in [3.8, 4) is 11.5 Å². The second kappa shape index (κ2) is 11.4. The van der Waals surface area contributed by atoms with Crippen molar-refractivity contribution in [3.05, 3.63) is 58.7 Å². The van der Waals surface area contributed by atoms with Gasteiger partial charge in [-0.05, 0) is 60.1 Å². The second-order valence-corrected chi connectivity index (χ2v) is 9.73. The molecule has 0 aliphatic carbocycles. The van der Waals surface area contributed by atoms with Gasteiger partial charge in [-0.1, -0.05) is 52.0 Å². The zero-order valence-electron chi connectivity index (χ0n) is 21.4. The van der Waals surface area contributed by atoms with Gasteiger partial charge in [0.25, 0.3) is 11.8 Å². The lowest BCUT2D eigenvalue weighted by atomic mass is 10.0. The average molecular weight is 467 g/mol. The number of rotatable bonds is 8. The zero-order chi connectivity index (χ0) is 24.8. The van der Waals surface area contributed by atoms with Crippen LogP contribution in [0.25, 0.3) is 0 Å². The molecule has 1 heterocycles.